The maximum absolute atomic E-state index is 13.5. The molecule has 0 bridgehead atoms. The molecule has 0 N–H and O–H groups in total. The predicted octanol–water partition coefficient (Wildman–Crippen LogP) is 3.68. The van der Waals surface area contributed by atoms with E-state index in [2.05, 4.69) is 0 Å². The Morgan fingerprint density at radius 1 is 0.704 bits per heavy atom. The second kappa shape index (κ2) is 8.72. The van der Waals surface area contributed by atoms with Crippen LogP contribution in [0, 0.1) is 23.3 Å². The van der Waals surface area contributed by atoms with E-state index in [1.807, 2.05) is 0 Å². The number of carbonyl (C=O) groups excluding carboxylic acids is 2. The average molecular weight is 491 g/mol. The molecule has 0 atom stereocenters. The van der Waals surface area contributed by atoms with Gasteiger partial charge in [-0.1, -0.05) is 0 Å². The van der Waals surface area contributed by atoms with Crippen LogP contribution in [-0.2, 0) is 24.6 Å². The number of halogens is 4. The zero-order valence-corrected chi connectivity index (χ0v) is 17.4. The second-order valence-electron chi connectivity index (χ2n) is 6.01. The molecule has 2 rings (SSSR count). The van der Waals surface area contributed by atoms with Crippen molar-refractivity contribution in [3.05, 3.63) is 70.8 Å². The first kappa shape index (κ1) is 21.2. The molecular weight excluding hydrogens is 475 g/mol. The van der Waals surface area contributed by atoms with Gasteiger partial charge in [0.15, 0.2) is 0 Å². The van der Waals surface area contributed by atoms with E-state index >= 15 is 0 Å². The van der Waals surface area contributed by atoms with Gasteiger partial charge in [-0.2, -0.15) is 0 Å². The third-order valence-corrected chi connectivity index (χ3v) is 12.6. The van der Waals surface area contributed by atoms with E-state index in [-0.39, 0.29) is 20.0 Å². The van der Waals surface area contributed by atoms with Crippen molar-refractivity contribution in [2.75, 3.05) is 0 Å². The fourth-order valence-electron chi connectivity index (χ4n) is 2.80. The standard InChI is InChI=1S/2C7H5F2.2C2H4O2.Sn/c2*1-5-2-6(8)4-7(9)3-5;2*1-2(3)4;/h2*2-4H,1H2;2*1H3,(H,3,4);/q;;;;+2/p-2. The van der Waals surface area contributed by atoms with Crippen LogP contribution in [0.4, 0.5) is 17.6 Å². The van der Waals surface area contributed by atoms with E-state index in [9.17, 15) is 27.2 Å². The molecule has 0 radical (unpaired) electrons. The fraction of sp³-hybridized carbons (Fsp3) is 0.222. The van der Waals surface area contributed by atoms with Crippen molar-refractivity contribution in [1.82, 2.24) is 0 Å². The summed E-state index contributed by atoms with van der Waals surface area (Å²) in [5.74, 6) is -4.94. The molecule has 2 aromatic carbocycles. The molecular formula is C18H16F4O4Sn. The summed E-state index contributed by atoms with van der Waals surface area (Å²) in [4.78, 5) is 23.3. The van der Waals surface area contributed by atoms with Crippen molar-refractivity contribution < 1.29 is 33.3 Å². The molecule has 2 aromatic rings. The van der Waals surface area contributed by atoms with E-state index in [1.54, 1.807) is 0 Å². The molecule has 0 aliphatic rings. The molecule has 0 aliphatic heterocycles. The number of hydrogen-bond donors (Lipinski definition) is 0. The van der Waals surface area contributed by atoms with Crippen molar-refractivity contribution in [2.45, 2.75) is 22.7 Å². The molecule has 0 aromatic heterocycles. The van der Waals surface area contributed by atoms with Crippen LogP contribution in [-0.4, -0.2) is 31.1 Å². The molecule has 4 nitrogen and oxygen atoms in total. The monoisotopic (exact) mass is 492 g/mol. The van der Waals surface area contributed by atoms with Crippen molar-refractivity contribution in [3.63, 3.8) is 0 Å². The summed E-state index contributed by atoms with van der Waals surface area (Å²) in [7, 11) is 0. The Labute approximate surface area is 158 Å². The Morgan fingerprint density at radius 3 is 1.26 bits per heavy atom. The van der Waals surface area contributed by atoms with E-state index in [0.29, 0.717) is 12.1 Å². The van der Waals surface area contributed by atoms with Crippen LogP contribution < -0.4 is 0 Å². The molecule has 0 fully saturated rings. The molecule has 0 aliphatic carbocycles. The van der Waals surface area contributed by atoms with Crippen LogP contribution in [0.2, 0.25) is 0 Å². The zero-order valence-electron chi connectivity index (χ0n) is 14.5. The average Bonchev–Trinajstić information content (AvgIpc) is 2.42. The van der Waals surface area contributed by atoms with Crippen LogP contribution in [0.15, 0.2) is 36.4 Å². The van der Waals surface area contributed by atoms with Crippen LogP contribution in [0.3, 0.4) is 0 Å². The summed E-state index contributed by atoms with van der Waals surface area (Å²) in [6.45, 7) is 2.18. The fourth-order valence-corrected chi connectivity index (χ4v) is 11.8. The Hall–Kier alpha value is -2.10. The molecule has 0 heterocycles. The number of hydrogen-bond acceptors (Lipinski definition) is 4. The van der Waals surface area contributed by atoms with Gasteiger partial charge in [0.05, 0.1) is 0 Å². The Balaban J connectivity index is 2.49. The summed E-state index contributed by atoms with van der Waals surface area (Å²) >= 11 is -4.79. The minimum atomic E-state index is -4.79. The summed E-state index contributed by atoms with van der Waals surface area (Å²) < 4.78 is 64.4. The van der Waals surface area contributed by atoms with Crippen LogP contribution >= 0.6 is 0 Å². The minimum absolute atomic E-state index is 0.114. The maximum atomic E-state index is 13.5. The van der Waals surface area contributed by atoms with Gasteiger partial charge < -0.3 is 0 Å². The predicted molar refractivity (Wildman–Crippen MR) is 89.4 cm³/mol. The number of carbonyl (C=O) groups is 2. The third-order valence-electron chi connectivity index (χ3n) is 3.45. The van der Waals surface area contributed by atoms with Gasteiger partial charge in [-0.25, -0.2) is 0 Å². The van der Waals surface area contributed by atoms with Crippen LogP contribution in [0.5, 0.6) is 0 Å². The van der Waals surface area contributed by atoms with Crippen molar-refractivity contribution >= 4 is 31.1 Å². The summed E-state index contributed by atoms with van der Waals surface area (Å²) in [6.07, 6.45) is 0. The van der Waals surface area contributed by atoms with Gasteiger partial charge in [0.25, 0.3) is 0 Å². The molecule has 144 valence electrons. The second-order valence-corrected chi connectivity index (χ2v) is 14.4. The summed E-state index contributed by atoms with van der Waals surface area (Å²) in [5, 5.41) is 0. The molecule has 0 amide bonds. The van der Waals surface area contributed by atoms with Gasteiger partial charge >= 0.3 is 158 Å². The van der Waals surface area contributed by atoms with Gasteiger partial charge in [0.1, 0.15) is 0 Å². The first-order valence-corrected chi connectivity index (χ1v) is 14.2. The molecule has 27 heavy (non-hydrogen) atoms. The van der Waals surface area contributed by atoms with Crippen LogP contribution in [0.25, 0.3) is 0 Å². The Kier molecular flexibility index (Phi) is 6.85. The quantitative estimate of drug-likeness (QED) is 0.458. The van der Waals surface area contributed by atoms with E-state index in [1.165, 1.54) is 0 Å². The van der Waals surface area contributed by atoms with Gasteiger partial charge in [0.2, 0.25) is 0 Å². The van der Waals surface area contributed by atoms with Gasteiger partial charge in [-0.15, -0.1) is 0 Å². The van der Waals surface area contributed by atoms with E-state index < -0.39 is 54.4 Å². The van der Waals surface area contributed by atoms with Gasteiger partial charge in [-0.3, -0.25) is 0 Å². The zero-order chi connectivity index (χ0) is 20.2. The molecule has 0 saturated heterocycles. The SMILES string of the molecule is CC(=O)[O][Sn]([CH2]c1cc(F)cc(F)c1)([CH2]c1cc(F)cc(F)c1)[O]C(C)=O. The molecule has 9 heteroatoms. The van der Waals surface area contributed by atoms with E-state index in [4.69, 9.17) is 6.15 Å². The first-order chi connectivity index (χ1) is 12.6. The Bertz CT molecular complexity index is 760. The first-order valence-electron chi connectivity index (χ1n) is 7.86. The summed E-state index contributed by atoms with van der Waals surface area (Å²) in [6, 6.07) is 5.42. The van der Waals surface area contributed by atoms with Crippen molar-refractivity contribution in [3.8, 4) is 0 Å². The van der Waals surface area contributed by atoms with Crippen molar-refractivity contribution in [1.29, 1.82) is 0 Å². The third kappa shape index (κ3) is 6.53. The number of rotatable bonds is 6. The topological polar surface area (TPSA) is 52.6 Å². The molecule has 0 unspecified atom stereocenters. The van der Waals surface area contributed by atoms with Gasteiger partial charge in [-0.05, 0) is 0 Å². The normalized spacial score (nSPS) is 11.2. The van der Waals surface area contributed by atoms with Gasteiger partial charge in [0, 0.05) is 0 Å². The molecule has 0 saturated carbocycles. The Morgan fingerprint density at radius 2 is 1.00 bits per heavy atom. The van der Waals surface area contributed by atoms with Crippen LogP contribution in [0.1, 0.15) is 25.0 Å². The number of benzene rings is 2. The molecule has 0 spiro atoms. The van der Waals surface area contributed by atoms with E-state index in [0.717, 1.165) is 38.1 Å². The van der Waals surface area contributed by atoms with Crippen molar-refractivity contribution in [2.24, 2.45) is 0 Å². The summed E-state index contributed by atoms with van der Waals surface area (Å²) in [5.41, 5.74) is 0.227.